The van der Waals surface area contributed by atoms with Gasteiger partial charge in [0, 0.05) is 13.1 Å². The Morgan fingerprint density at radius 3 is 2.04 bits per heavy atom. The second-order valence-electron chi connectivity index (χ2n) is 7.66. The Hall–Kier alpha value is -1.40. The van der Waals surface area contributed by atoms with Crippen molar-refractivity contribution < 1.29 is 13.2 Å². The number of nitrogens with zero attached hydrogens (tertiary/aromatic N) is 1. The Morgan fingerprint density at radius 1 is 1.08 bits per heavy atom. The Morgan fingerprint density at radius 2 is 1.56 bits per heavy atom. The zero-order valence-corrected chi connectivity index (χ0v) is 17.0. The first-order chi connectivity index (χ1) is 11.5. The predicted molar refractivity (Wildman–Crippen MR) is 100 cm³/mol. The van der Waals surface area contributed by atoms with Crippen LogP contribution in [0.2, 0.25) is 0 Å². The highest BCUT2D eigenvalue weighted by molar-refractivity contribution is 7.89. The maximum absolute atomic E-state index is 12.8. The predicted octanol–water partition coefficient (Wildman–Crippen LogP) is 2.70. The molecule has 1 N–H and O–H groups in total. The third-order valence-electron chi connectivity index (χ3n) is 5.20. The van der Waals surface area contributed by atoms with Crippen LogP contribution in [0.4, 0.5) is 0 Å². The lowest BCUT2D eigenvalue weighted by Crippen LogP contribution is -2.46. The molecule has 0 aliphatic carbocycles. The van der Waals surface area contributed by atoms with Crippen LogP contribution in [-0.2, 0) is 14.8 Å². The molecule has 1 saturated heterocycles. The number of benzene rings is 1. The lowest BCUT2D eigenvalue weighted by molar-refractivity contribution is -0.132. The second kappa shape index (κ2) is 7.46. The number of carbonyl (C=O) groups is 1. The number of carbonyl (C=O) groups excluding carboxylic acids is 1. The average molecular weight is 367 g/mol. The molecule has 1 aromatic carbocycles. The first-order valence-corrected chi connectivity index (χ1v) is 10.4. The van der Waals surface area contributed by atoms with Crippen LogP contribution in [-0.4, -0.2) is 38.9 Å². The smallest absolute Gasteiger partial charge is 0.241 e. The molecule has 0 bridgehead atoms. The molecule has 0 spiro atoms. The molecule has 1 amide bonds. The number of hydrogen-bond acceptors (Lipinski definition) is 3. The van der Waals surface area contributed by atoms with Gasteiger partial charge in [0.1, 0.15) is 0 Å². The number of rotatable bonds is 4. The number of piperidine rings is 1. The van der Waals surface area contributed by atoms with E-state index < -0.39 is 10.0 Å². The van der Waals surface area contributed by atoms with Crippen LogP contribution in [0, 0.1) is 39.5 Å². The van der Waals surface area contributed by atoms with Crippen LogP contribution in [0.3, 0.4) is 0 Å². The van der Waals surface area contributed by atoms with Crippen molar-refractivity contribution in [3.63, 3.8) is 0 Å². The standard InChI is InChI=1S/C19H30N2O3S/c1-12-7-13(2)11-21(10-12)18(22)9-20-25(23,24)19-16(5)14(3)8-15(4)17(19)6/h8,12-13,20H,7,9-11H2,1-6H3/t12-,13+. The molecule has 1 aliphatic heterocycles. The Kier molecular flexibility index (Phi) is 5.94. The second-order valence-corrected chi connectivity index (χ2v) is 9.36. The molecule has 5 nitrogen and oxygen atoms in total. The van der Waals surface area contributed by atoms with E-state index in [1.165, 1.54) is 0 Å². The van der Waals surface area contributed by atoms with Gasteiger partial charge in [-0.2, -0.15) is 0 Å². The zero-order chi connectivity index (χ0) is 18.9. The fourth-order valence-electron chi connectivity index (χ4n) is 3.79. The van der Waals surface area contributed by atoms with E-state index in [0.717, 1.165) is 28.7 Å². The molecule has 6 heteroatoms. The SMILES string of the molecule is Cc1cc(C)c(C)c(S(=O)(=O)NCC(=O)N2C[C@H](C)C[C@H](C)C2)c1C. The van der Waals surface area contributed by atoms with Gasteiger partial charge in [0.2, 0.25) is 15.9 Å². The van der Waals surface area contributed by atoms with E-state index in [1.54, 1.807) is 4.90 Å². The van der Waals surface area contributed by atoms with Gasteiger partial charge in [-0.25, -0.2) is 13.1 Å². The summed E-state index contributed by atoms with van der Waals surface area (Å²) in [5, 5.41) is 0. The Bertz CT molecular complexity index is 735. The van der Waals surface area contributed by atoms with E-state index in [2.05, 4.69) is 18.6 Å². The van der Waals surface area contributed by atoms with Crippen LogP contribution < -0.4 is 4.72 Å². The highest BCUT2D eigenvalue weighted by Crippen LogP contribution is 2.26. The maximum atomic E-state index is 12.8. The van der Waals surface area contributed by atoms with Gasteiger partial charge in [-0.05, 0) is 68.2 Å². The molecular weight excluding hydrogens is 336 g/mol. The molecule has 0 unspecified atom stereocenters. The van der Waals surface area contributed by atoms with Gasteiger partial charge in [0.05, 0.1) is 11.4 Å². The van der Waals surface area contributed by atoms with Crippen molar-refractivity contribution in [2.75, 3.05) is 19.6 Å². The summed E-state index contributed by atoms with van der Waals surface area (Å²) >= 11 is 0. The minimum Gasteiger partial charge on any atom is -0.341 e. The van der Waals surface area contributed by atoms with Gasteiger partial charge in [0.25, 0.3) is 0 Å². The van der Waals surface area contributed by atoms with Crippen molar-refractivity contribution in [1.82, 2.24) is 9.62 Å². The quantitative estimate of drug-likeness (QED) is 0.891. The minimum atomic E-state index is -3.72. The number of aryl methyl sites for hydroxylation is 2. The number of sulfonamides is 1. The summed E-state index contributed by atoms with van der Waals surface area (Å²) in [6.45, 7) is 12.9. The van der Waals surface area contributed by atoms with E-state index in [9.17, 15) is 13.2 Å². The molecule has 0 saturated carbocycles. The van der Waals surface area contributed by atoms with E-state index in [-0.39, 0.29) is 12.5 Å². The number of amides is 1. The summed E-state index contributed by atoms with van der Waals surface area (Å²) in [5.41, 5.74) is 3.36. The molecule has 140 valence electrons. The van der Waals surface area contributed by atoms with E-state index in [1.807, 2.05) is 33.8 Å². The monoisotopic (exact) mass is 366 g/mol. The van der Waals surface area contributed by atoms with Crippen LogP contribution in [0.1, 0.15) is 42.5 Å². The molecule has 1 aromatic rings. The fourth-order valence-corrected chi connectivity index (χ4v) is 5.38. The van der Waals surface area contributed by atoms with Crippen molar-refractivity contribution in [2.24, 2.45) is 11.8 Å². The van der Waals surface area contributed by atoms with Crippen LogP contribution in [0.5, 0.6) is 0 Å². The molecule has 25 heavy (non-hydrogen) atoms. The van der Waals surface area contributed by atoms with E-state index in [4.69, 9.17) is 0 Å². The highest BCUT2D eigenvalue weighted by Gasteiger charge is 2.27. The average Bonchev–Trinajstić information content (AvgIpc) is 2.50. The topological polar surface area (TPSA) is 66.5 Å². The van der Waals surface area contributed by atoms with Gasteiger partial charge in [0.15, 0.2) is 0 Å². The summed E-state index contributed by atoms with van der Waals surface area (Å²) < 4.78 is 28.1. The molecular formula is C19H30N2O3S. The highest BCUT2D eigenvalue weighted by atomic mass is 32.2. The van der Waals surface area contributed by atoms with Crippen molar-refractivity contribution in [1.29, 1.82) is 0 Å². The first-order valence-electron chi connectivity index (χ1n) is 8.87. The van der Waals surface area contributed by atoms with Gasteiger partial charge >= 0.3 is 0 Å². The summed E-state index contributed by atoms with van der Waals surface area (Å²) in [6, 6.07) is 1.99. The molecule has 2 atom stereocenters. The summed E-state index contributed by atoms with van der Waals surface area (Å²) in [6.07, 6.45) is 1.11. The van der Waals surface area contributed by atoms with Crippen LogP contribution in [0.25, 0.3) is 0 Å². The molecule has 1 fully saturated rings. The lowest BCUT2D eigenvalue weighted by Gasteiger charge is -2.35. The van der Waals surface area contributed by atoms with Gasteiger partial charge in [-0.3, -0.25) is 4.79 Å². The number of nitrogens with one attached hydrogen (secondary N) is 1. The van der Waals surface area contributed by atoms with Crippen molar-refractivity contribution >= 4 is 15.9 Å². The normalized spacial score (nSPS) is 21.4. The van der Waals surface area contributed by atoms with Gasteiger partial charge < -0.3 is 4.90 Å². The number of likely N-dealkylation sites (tertiary alicyclic amines) is 1. The molecule has 2 rings (SSSR count). The van der Waals surface area contributed by atoms with Gasteiger partial charge in [-0.15, -0.1) is 0 Å². The largest absolute Gasteiger partial charge is 0.341 e. The molecule has 1 heterocycles. The van der Waals surface area contributed by atoms with E-state index >= 15 is 0 Å². The van der Waals surface area contributed by atoms with Crippen molar-refractivity contribution in [2.45, 2.75) is 52.9 Å². The van der Waals surface area contributed by atoms with Crippen LogP contribution in [0.15, 0.2) is 11.0 Å². The van der Waals surface area contributed by atoms with Crippen LogP contribution >= 0.6 is 0 Å². The number of hydrogen-bond donors (Lipinski definition) is 1. The summed E-state index contributed by atoms with van der Waals surface area (Å²) in [4.78, 5) is 14.6. The molecule has 0 radical (unpaired) electrons. The summed E-state index contributed by atoms with van der Waals surface area (Å²) in [5.74, 6) is 0.753. The molecule has 0 aromatic heterocycles. The first kappa shape index (κ1) is 19.9. The third-order valence-corrected chi connectivity index (χ3v) is 6.88. The zero-order valence-electron chi connectivity index (χ0n) is 16.1. The Labute approximate surface area is 151 Å². The van der Waals surface area contributed by atoms with Gasteiger partial charge in [-0.1, -0.05) is 19.9 Å². The van der Waals surface area contributed by atoms with E-state index in [0.29, 0.717) is 29.8 Å². The maximum Gasteiger partial charge on any atom is 0.241 e. The van der Waals surface area contributed by atoms with Crippen molar-refractivity contribution in [3.8, 4) is 0 Å². The lowest BCUT2D eigenvalue weighted by atomic mass is 9.92. The fraction of sp³-hybridized carbons (Fsp3) is 0.632. The molecule has 1 aliphatic rings. The Balaban J connectivity index is 2.16. The summed E-state index contributed by atoms with van der Waals surface area (Å²) in [7, 11) is -3.72. The van der Waals surface area contributed by atoms with Crippen molar-refractivity contribution in [3.05, 3.63) is 28.3 Å². The minimum absolute atomic E-state index is 0.151. The third kappa shape index (κ3) is 4.42.